The molecule has 0 aromatic heterocycles. The maximum Gasteiger partial charge on any atom is 0 e. The molecule has 1 rings (SSSR count). The standard InChI is InChI=1S/C3H6S2.Ta/c4-3-1-5-2-3;/h3-4H,1-2H2;/p-1. The molecule has 1 fully saturated rings. The van der Waals surface area contributed by atoms with Gasteiger partial charge in [0.25, 0.3) is 0 Å². The van der Waals surface area contributed by atoms with Gasteiger partial charge in [-0.05, 0) is 11.5 Å². The summed E-state index contributed by atoms with van der Waals surface area (Å²) in [5.41, 5.74) is 0. The third-order valence-electron chi connectivity index (χ3n) is 0.607. The van der Waals surface area contributed by atoms with Gasteiger partial charge in [-0.3, -0.25) is 0 Å². The molecule has 0 atom stereocenters. The summed E-state index contributed by atoms with van der Waals surface area (Å²) >= 11 is 6.79. The Morgan fingerprint density at radius 2 is 1.83 bits per heavy atom. The van der Waals surface area contributed by atoms with Gasteiger partial charge in [0, 0.05) is 22.4 Å². The molecule has 1 heterocycles. The molecular weight excluding hydrogens is 281 g/mol. The Bertz CT molecular complexity index is 35.8. The fraction of sp³-hybridized carbons (Fsp3) is 1.00. The normalized spacial score (nSPS) is 21.5. The Hall–Kier alpha value is 1.44. The van der Waals surface area contributed by atoms with E-state index < -0.39 is 0 Å². The second kappa shape index (κ2) is 3.44. The minimum Gasteiger partial charge on any atom is -0.788 e. The van der Waals surface area contributed by atoms with E-state index in [1.54, 1.807) is 0 Å². The summed E-state index contributed by atoms with van der Waals surface area (Å²) in [5, 5.41) is 0.611. The van der Waals surface area contributed by atoms with Crippen LogP contribution in [0.4, 0.5) is 0 Å². The van der Waals surface area contributed by atoms with Crippen LogP contribution in [0.2, 0.25) is 0 Å². The van der Waals surface area contributed by atoms with Crippen molar-refractivity contribution in [1.82, 2.24) is 0 Å². The molecule has 0 aliphatic carbocycles. The summed E-state index contributed by atoms with van der Waals surface area (Å²) in [6.45, 7) is 0. The quantitative estimate of drug-likeness (QED) is 0.600. The SMILES string of the molecule is [S-]C1CSC1.[Ta]. The minimum absolute atomic E-state index is 0. The van der Waals surface area contributed by atoms with Crippen LogP contribution in [0.3, 0.4) is 0 Å². The minimum atomic E-state index is 0. The van der Waals surface area contributed by atoms with Crippen molar-refractivity contribution in [3.05, 3.63) is 0 Å². The third kappa shape index (κ3) is 1.94. The van der Waals surface area contributed by atoms with Crippen LogP contribution in [0.15, 0.2) is 0 Å². The van der Waals surface area contributed by atoms with Crippen molar-refractivity contribution in [3.8, 4) is 0 Å². The zero-order chi connectivity index (χ0) is 3.70. The zero-order valence-corrected chi connectivity index (χ0v) is 8.10. The van der Waals surface area contributed by atoms with Crippen LogP contribution in [0.1, 0.15) is 0 Å². The van der Waals surface area contributed by atoms with Gasteiger partial charge in [0.2, 0.25) is 0 Å². The zero-order valence-electron chi connectivity index (χ0n) is 3.26. The summed E-state index contributed by atoms with van der Waals surface area (Å²) in [5.74, 6) is 2.44. The molecule has 35 valence electrons. The van der Waals surface area contributed by atoms with Crippen molar-refractivity contribution in [2.75, 3.05) is 11.5 Å². The molecule has 0 saturated carbocycles. The number of hydrogen-bond acceptors (Lipinski definition) is 2. The van der Waals surface area contributed by atoms with E-state index in [2.05, 4.69) is 0 Å². The molecular formula is C3H5S2Ta-. The van der Waals surface area contributed by atoms with E-state index >= 15 is 0 Å². The van der Waals surface area contributed by atoms with Gasteiger partial charge in [0.1, 0.15) is 0 Å². The van der Waals surface area contributed by atoms with E-state index in [0.29, 0.717) is 5.25 Å². The summed E-state index contributed by atoms with van der Waals surface area (Å²) in [4.78, 5) is 0. The fourth-order valence-corrected chi connectivity index (χ4v) is 1.22. The average molecular weight is 286 g/mol. The number of hydrogen-bond donors (Lipinski definition) is 0. The molecule has 1 aliphatic rings. The summed E-state index contributed by atoms with van der Waals surface area (Å²) in [6.07, 6.45) is 0. The van der Waals surface area contributed by atoms with E-state index in [9.17, 15) is 0 Å². The van der Waals surface area contributed by atoms with Gasteiger partial charge in [-0.1, -0.05) is 0 Å². The first kappa shape index (κ1) is 7.44. The van der Waals surface area contributed by atoms with Crippen molar-refractivity contribution in [1.29, 1.82) is 0 Å². The topological polar surface area (TPSA) is 0 Å². The van der Waals surface area contributed by atoms with Crippen molar-refractivity contribution in [2.45, 2.75) is 5.25 Å². The van der Waals surface area contributed by atoms with Crippen LogP contribution in [0, 0.1) is 0 Å². The van der Waals surface area contributed by atoms with Crippen LogP contribution in [-0.2, 0) is 35.0 Å². The Morgan fingerprint density at radius 3 is 1.83 bits per heavy atom. The molecule has 0 unspecified atom stereocenters. The van der Waals surface area contributed by atoms with Crippen molar-refractivity contribution < 1.29 is 22.4 Å². The van der Waals surface area contributed by atoms with E-state index in [1.165, 1.54) is 11.5 Å². The predicted molar refractivity (Wildman–Crippen MR) is 28.5 cm³/mol. The number of rotatable bonds is 0. The van der Waals surface area contributed by atoms with Gasteiger partial charge in [-0.15, -0.1) is 5.25 Å². The van der Waals surface area contributed by atoms with Crippen molar-refractivity contribution in [2.24, 2.45) is 0 Å². The molecule has 0 N–H and O–H groups in total. The summed E-state index contributed by atoms with van der Waals surface area (Å²) in [6, 6.07) is 0. The van der Waals surface area contributed by atoms with Gasteiger partial charge in [0.15, 0.2) is 0 Å². The first-order valence-corrected chi connectivity index (χ1v) is 3.26. The second-order valence-electron chi connectivity index (χ2n) is 1.16. The maximum atomic E-state index is 4.85. The molecule has 0 bridgehead atoms. The summed E-state index contributed by atoms with van der Waals surface area (Å²) in [7, 11) is 0. The fourth-order valence-electron chi connectivity index (χ4n) is 0.214. The predicted octanol–water partition coefficient (Wildman–Crippen LogP) is 0.646. The van der Waals surface area contributed by atoms with Crippen LogP contribution >= 0.6 is 11.8 Å². The van der Waals surface area contributed by atoms with Crippen LogP contribution < -0.4 is 0 Å². The Labute approximate surface area is 63.4 Å². The first-order chi connectivity index (χ1) is 2.39. The molecule has 6 heavy (non-hydrogen) atoms. The Morgan fingerprint density at radius 1 is 1.50 bits per heavy atom. The Balaban J connectivity index is 0.000000250. The third-order valence-corrected chi connectivity index (χ3v) is 2.64. The Kier molecular flexibility index (Phi) is 4.27. The van der Waals surface area contributed by atoms with E-state index in [0.717, 1.165) is 0 Å². The molecule has 0 aromatic rings. The molecule has 3 heteroatoms. The molecule has 1 saturated heterocycles. The first-order valence-electron chi connectivity index (χ1n) is 1.63. The smallest absolute Gasteiger partial charge is 0 e. The van der Waals surface area contributed by atoms with Gasteiger partial charge in [0.05, 0.1) is 0 Å². The van der Waals surface area contributed by atoms with Gasteiger partial charge in [-0.2, -0.15) is 11.8 Å². The second-order valence-corrected chi connectivity index (χ2v) is 2.90. The maximum absolute atomic E-state index is 4.85. The summed E-state index contributed by atoms with van der Waals surface area (Å²) < 4.78 is 0. The molecule has 0 nitrogen and oxygen atoms in total. The largest absolute Gasteiger partial charge is 0.788 e. The van der Waals surface area contributed by atoms with Crippen LogP contribution in [0.25, 0.3) is 0 Å². The molecule has 0 amide bonds. The molecule has 1 radical (unpaired) electrons. The van der Waals surface area contributed by atoms with Gasteiger partial charge < -0.3 is 12.6 Å². The number of thioether (sulfide) groups is 1. The average Bonchev–Trinajstić information content (AvgIpc) is 1.30. The van der Waals surface area contributed by atoms with E-state index in [1.807, 2.05) is 11.8 Å². The van der Waals surface area contributed by atoms with E-state index in [-0.39, 0.29) is 22.4 Å². The van der Waals surface area contributed by atoms with Gasteiger partial charge in [-0.25, -0.2) is 0 Å². The molecule has 1 aliphatic heterocycles. The van der Waals surface area contributed by atoms with Crippen molar-refractivity contribution in [3.63, 3.8) is 0 Å². The van der Waals surface area contributed by atoms with Crippen LogP contribution in [-0.4, -0.2) is 16.8 Å². The van der Waals surface area contributed by atoms with Crippen molar-refractivity contribution >= 4 is 24.4 Å². The molecule has 0 spiro atoms. The molecule has 0 aromatic carbocycles. The van der Waals surface area contributed by atoms with E-state index in [4.69, 9.17) is 12.6 Å². The monoisotopic (exact) mass is 286 g/mol. The van der Waals surface area contributed by atoms with Gasteiger partial charge >= 0.3 is 0 Å². The van der Waals surface area contributed by atoms with Crippen LogP contribution in [0.5, 0.6) is 0 Å².